The van der Waals surface area contributed by atoms with Crippen LogP contribution in [0.25, 0.3) is 0 Å². The van der Waals surface area contributed by atoms with Crippen LogP contribution >= 0.6 is 0 Å². The Morgan fingerprint density at radius 1 is 1.47 bits per heavy atom. The van der Waals surface area contributed by atoms with Gasteiger partial charge in [0.2, 0.25) is 0 Å². The van der Waals surface area contributed by atoms with E-state index in [2.05, 4.69) is 22.7 Å². The van der Waals surface area contributed by atoms with E-state index in [-0.39, 0.29) is 5.69 Å². The van der Waals surface area contributed by atoms with Gasteiger partial charge < -0.3 is 15.6 Å². The summed E-state index contributed by atoms with van der Waals surface area (Å²) >= 11 is 0. The van der Waals surface area contributed by atoms with E-state index in [1.54, 1.807) is 18.2 Å². The van der Waals surface area contributed by atoms with Gasteiger partial charge in [0.1, 0.15) is 11.4 Å². The summed E-state index contributed by atoms with van der Waals surface area (Å²) in [5.41, 5.74) is 3.14. The molecule has 0 aliphatic heterocycles. The van der Waals surface area contributed by atoms with Crippen molar-refractivity contribution >= 4 is 17.1 Å². The van der Waals surface area contributed by atoms with Crippen LogP contribution in [0.2, 0.25) is 0 Å². The zero-order valence-electron chi connectivity index (χ0n) is 10.9. The van der Waals surface area contributed by atoms with Gasteiger partial charge in [0, 0.05) is 19.1 Å². The van der Waals surface area contributed by atoms with Crippen molar-refractivity contribution in [2.45, 2.75) is 18.9 Å². The quantitative estimate of drug-likeness (QED) is 0.391. The Labute approximate surface area is 111 Å². The lowest BCUT2D eigenvalue weighted by atomic mass is 10.2. The highest BCUT2D eigenvalue weighted by Crippen LogP contribution is 2.32. The first-order valence-electron chi connectivity index (χ1n) is 6.31. The summed E-state index contributed by atoms with van der Waals surface area (Å²) in [7, 11) is 2.08. The second kappa shape index (κ2) is 5.85. The Hall–Kier alpha value is -1.86. The summed E-state index contributed by atoms with van der Waals surface area (Å²) in [6.45, 7) is 1.53. The first-order valence-corrected chi connectivity index (χ1v) is 6.31. The molecule has 19 heavy (non-hydrogen) atoms. The molecule has 1 saturated carbocycles. The molecule has 0 amide bonds. The predicted molar refractivity (Wildman–Crippen MR) is 75.0 cm³/mol. The van der Waals surface area contributed by atoms with Crippen molar-refractivity contribution in [1.29, 1.82) is 0 Å². The van der Waals surface area contributed by atoms with E-state index in [9.17, 15) is 10.1 Å². The molecule has 0 saturated heterocycles. The van der Waals surface area contributed by atoms with Crippen LogP contribution in [0.4, 0.5) is 17.1 Å². The summed E-state index contributed by atoms with van der Waals surface area (Å²) in [6, 6.07) is 5.69. The predicted octanol–water partition coefficient (Wildman–Crippen LogP) is 1.39. The molecule has 0 bridgehead atoms. The van der Waals surface area contributed by atoms with Crippen LogP contribution in [0.3, 0.4) is 0 Å². The number of benzene rings is 1. The highest BCUT2D eigenvalue weighted by atomic mass is 16.6. The molecule has 1 fully saturated rings. The molecular weight excluding hydrogens is 246 g/mol. The summed E-state index contributed by atoms with van der Waals surface area (Å²) in [4.78, 5) is 12.9. The molecule has 2 rings (SSSR count). The van der Waals surface area contributed by atoms with E-state index in [1.165, 1.54) is 12.8 Å². The van der Waals surface area contributed by atoms with E-state index >= 15 is 0 Å². The number of nitrogens with zero attached hydrogens (tertiary/aromatic N) is 2. The maximum atomic E-state index is 11.1. The third kappa shape index (κ3) is 3.33. The van der Waals surface area contributed by atoms with Gasteiger partial charge in [0.05, 0.1) is 4.92 Å². The number of hydrogen-bond donors (Lipinski definition) is 3. The zero-order chi connectivity index (χ0) is 13.8. The molecule has 7 nitrogen and oxygen atoms in total. The van der Waals surface area contributed by atoms with Gasteiger partial charge in [0.15, 0.2) is 0 Å². The third-order valence-electron chi connectivity index (χ3n) is 3.32. The van der Waals surface area contributed by atoms with Crippen molar-refractivity contribution in [3.63, 3.8) is 0 Å². The molecular formula is C12H19N5O2. The van der Waals surface area contributed by atoms with Gasteiger partial charge in [-0.05, 0) is 32.0 Å². The Kier molecular flexibility index (Phi) is 4.18. The number of nitro benzene ring substituents is 1. The topological polar surface area (TPSA) is 96.5 Å². The molecule has 1 aliphatic carbocycles. The van der Waals surface area contributed by atoms with E-state index in [4.69, 9.17) is 5.84 Å². The van der Waals surface area contributed by atoms with Crippen LogP contribution < -0.4 is 16.6 Å². The number of nitrogens with two attached hydrogens (primary N) is 1. The minimum absolute atomic E-state index is 0.0147. The summed E-state index contributed by atoms with van der Waals surface area (Å²) in [5.74, 6) is 5.29. The van der Waals surface area contributed by atoms with E-state index in [0.717, 1.165) is 6.54 Å². The third-order valence-corrected chi connectivity index (χ3v) is 3.32. The second-order valence-electron chi connectivity index (χ2n) is 4.74. The average molecular weight is 265 g/mol. The minimum atomic E-state index is -0.428. The fourth-order valence-corrected chi connectivity index (χ4v) is 2.06. The summed E-state index contributed by atoms with van der Waals surface area (Å²) < 4.78 is 0. The smallest absolute Gasteiger partial charge is 0.316 e. The first-order chi connectivity index (χ1) is 9.13. The van der Waals surface area contributed by atoms with Crippen LogP contribution in [-0.2, 0) is 0 Å². The maximum absolute atomic E-state index is 11.1. The Bertz CT molecular complexity index is 461. The van der Waals surface area contributed by atoms with Gasteiger partial charge in [-0.25, -0.2) is 0 Å². The van der Waals surface area contributed by atoms with Crippen molar-refractivity contribution in [2.75, 3.05) is 30.9 Å². The number of hydrazine groups is 1. The van der Waals surface area contributed by atoms with Gasteiger partial charge in [-0.1, -0.05) is 6.07 Å². The molecule has 1 aromatic rings. The monoisotopic (exact) mass is 265 g/mol. The number of nitro groups is 1. The number of anilines is 2. The van der Waals surface area contributed by atoms with E-state index in [0.29, 0.717) is 24.0 Å². The second-order valence-corrected chi connectivity index (χ2v) is 4.74. The Morgan fingerprint density at radius 2 is 2.16 bits per heavy atom. The van der Waals surface area contributed by atoms with Gasteiger partial charge >= 0.3 is 5.69 Å². The van der Waals surface area contributed by atoms with Gasteiger partial charge in [-0.15, -0.1) is 0 Å². The molecule has 0 radical (unpaired) electrons. The van der Waals surface area contributed by atoms with Crippen LogP contribution in [0.5, 0.6) is 0 Å². The molecule has 4 N–H and O–H groups in total. The van der Waals surface area contributed by atoms with E-state index < -0.39 is 4.92 Å². The normalized spacial score (nSPS) is 14.5. The molecule has 0 heterocycles. The Balaban J connectivity index is 2.00. The van der Waals surface area contributed by atoms with Crippen molar-refractivity contribution < 1.29 is 4.92 Å². The molecule has 0 atom stereocenters. The van der Waals surface area contributed by atoms with Gasteiger partial charge in [-0.3, -0.25) is 16.0 Å². The van der Waals surface area contributed by atoms with Crippen LogP contribution in [0, 0.1) is 10.1 Å². The van der Waals surface area contributed by atoms with Crippen molar-refractivity contribution in [2.24, 2.45) is 5.84 Å². The summed E-state index contributed by atoms with van der Waals surface area (Å²) in [6.07, 6.45) is 2.51. The number of nitrogens with one attached hydrogen (secondary N) is 2. The molecule has 0 unspecified atom stereocenters. The molecule has 7 heteroatoms. The Morgan fingerprint density at radius 3 is 2.74 bits per heavy atom. The van der Waals surface area contributed by atoms with Crippen LogP contribution in [-0.4, -0.2) is 36.0 Å². The fraction of sp³-hybridized carbons (Fsp3) is 0.500. The number of likely N-dealkylation sites (N-methyl/N-ethyl adjacent to an activating group) is 1. The number of para-hydroxylation sites is 1. The van der Waals surface area contributed by atoms with Crippen LogP contribution in [0.1, 0.15) is 12.8 Å². The number of hydrogen-bond acceptors (Lipinski definition) is 6. The largest absolute Gasteiger partial charge is 0.378 e. The lowest BCUT2D eigenvalue weighted by Crippen LogP contribution is -2.27. The highest BCUT2D eigenvalue weighted by molar-refractivity contribution is 5.75. The fourth-order valence-electron chi connectivity index (χ4n) is 2.06. The van der Waals surface area contributed by atoms with E-state index in [1.807, 2.05) is 0 Å². The minimum Gasteiger partial charge on any atom is -0.378 e. The molecule has 1 aromatic carbocycles. The first kappa shape index (κ1) is 13.6. The molecule has 0 spiro atoms. The molecule has 104 valence electrons. The van der Waals surface area contributed by atoms with Crippen molar-refractivity contribution in [3.05, 3.63) is 28.3 Å². The SMILES string of the molecule is CN(CCNc1cccc(NN)c1[N+](=O)[O-])C1CC1. The van der Waals surface area contributed by atoms with Gasteiger partial charge in [0.25, 0.3) is 0 Å². The summed E-state index contributed by atoms with van der Waals surface area (Å²) in [5, 5.41) is 14.2. The highest BCUT2D eigenvalue weighted by Gasteiger charge is 2.25. The standard InChI is InChI=1S/C12H19N5O2/c1-16(9-5-6-9)8-7-14-10-3-2-4-11(15-13)12(10)17(18)19/h2-4,9,14-15H,5-8,13H2,1H3. The average Bonchev–Trinajstić information content (AvgIpc) is 3.22. The lowest BCUT2D eigenvalue weighted by Gasteiger charge is -2.16. The van der Waals surface area contributed by atoms with Gasteiger partial charge in [-0.2, -0.15) is 0 Å². The molecule has 1 aliphatic rings. The van der Waals surface area contributed by atoms with Crippen molar-refractivity contribution in [3.8, 4) is 0 Å². The maximum Gasteiger partial charge on any atom is 0.316 e. The molecule has 0 aromatic heterocycles. The lowest BCUT2D eigenvalue weighted by molar-refractivity contribution is -0.383. The van der Waals surface area contributed by atoms with Crippen molar-refractivity contribution in [1.82, 2.24) is 4.90 Å². The number of nitrogen functional groups attached to an aromatic ring is 1. The van der Waals surface area contributed by atoms with Crippen LogP contribution in [0.15, 0.2) is 18.2 Å². The number of rotatable bonds is 7. The zero-order valence-corrected chi connectivity index (χ0v) is 10.9.